The number of guanidine groups is 1. The first-order chi connectivity index (χ1) is 12.7. The summed E-state index contributed by atoms with van der Waals surface area (Å²) in [6.45, 7) is 6.26. The summed E-state index contributed by atoms with van der Waals surface area (Å²) in [4.78, 5) is 10.0. The molecule has 0 aliphatic carbocycles. The van der Waals surface area contributed by atoms with Gasteiger partial charge < -0.3 is 15.6 Å². The van der Waals surface area contributed by atoms with Crippen LogP contribution in [0, 0.1) is 5.82 Å². The number of benzene rings is 1. The highest BCUT2D eigenvalue weighted by molar-refractivity contribution is 5.83. The van der Waals surface area contributed by atoms with Gasteiger partial charge in [-0.3, -0.25) is 9.89 Å². The van der Waals surface area contributed by atoms with Gasteiger partial charge in [0.25, 0.3) is 0 Å². The van der Waals surface area contributed by atoms with Crippen molar-refractivity contribution < 1.29 is 4.39 Å². The topological polar surface area (TPSA) is 55.4 Å². The Morgan fingerprint density at radius 1 is 1.35 bits per heavy atom. The van der Waals surface area contributed by atoms with Gasteiger partial charge >= 0.3 is 0 Å². The average Bonchev–Trinajstić information content (AvgIpc) is 3.06. The second kappa shape index (κ2) is 9.03. The van der Waals surface area contributed by atoms with E-state index in [1.165, 1.54) is 43.5 Å². The molecule has 3 N–H and O–H groups in total. The van der Waals surface area contributed by atoms with Crippen molar-refractivity contribution in [3.8, 4) is 0 Å². The third kappa shape index (κ3) is 4.55. The molecule has 1 atom stereocenters. The molecule has 0 saturated carbocycles. The van der Waals surface area contributed by atoms with Crippen molar-refractivity contribution in [3.63, 3.8) is 0 Å². The van der Waals surface area contributed by atoms with Gasteiger partial charge in [-0.25, -0.2) is 4.39 Å². The van der Waals surface area contributed by atoms with Crippen LogP contribution in [0.25, 0.3) is 10.9 Å². The number of likely N-dealkylation sites (N-methyl/N-ethyl adjacent to an activating group) is 1. The molecule has 2 aromatic rings. The molecule has 26 heavy (non-hydrogen) atoms. The Labute approximate surface area is 155 Å². The molecule has 1 saturated heterocycles. The van der Waals surface area contributed by atoms with Gasteiger partial charge in [-0.15, -0.1) is 0 Å². The molecule has 1 unspecified atom stereocenters. The second-order valence-electron chi connectivity index (χ2n) is 6.91. The highest BCUT2D eigenvalue weighted by Gasteiger charge is 2.20. The first kappa shape index (κ1) is 18.7. The lowest BCUT2D eigenvalue weighted by Gasteiger charge is -2.35. The number of fused-ring (bicyclic) bond motifs is 1. The minimum absolute atomic E-state index is 0.211. The molecule has 5 nitrogen and oxygen atoms in total. The number of aromatic nitrogens is 1. The molecule has 1 fully saturated rings. The van der Waals surface area contributed by atoms with E-state index in [-0.39, 0.29) is 5.82 Å². The van der Waals surface area contributed by atoms with Crippen LogP contribution in [0.5, 0.6) is 0 Å². The van der Waals surface area contributed by atoms with Crippen molar-refractivity contribution in [2.45, 2.75) is 38.6 Å². The molecular weight excluding hydrogens is 329 g/mol. The molecule has 6 heteroatoms. The summed E-state index contributed by atoms with van der Waals surface area (Å²) >= 11 is 0. The number of rotatable bonds is 6. The Bertz CT molecular complexity index is 739. The van der Waals surface area contributed by atoms with Crippen LogP contribution >= 0.6 is 0 Å². The Morgan fingerprint density at radius 3 is 3.04 bits per heavy atom. The van der Waals surface area contributed by atoms with Crippen molar-refractivity contribution in [2.24, 2.45) is 4.99 Å². The van der Waals surface area contributed by atoms with E-state index >= 15 is 0 Å². The van der Waals surface area contributed by atoms with Crippen LogP contribution in [0.15, 0.2) is 29.4 Å². The highest BCUT2D eigenvalue weighted by atomic mass is 19.1. The van der Waals surface area contributed by atoms with Gasteiger partial charge in [0, 0.05) is 43.3 Å². The molecule has 142 valence electrons. The van der Waals surface area contributed by atoms with E-state index in [1.54, 1.807) is 0 Å². The Morgan fingerprint density at radius 2 is 2.23 bits per heavy atom. The van der Waals surface area contributed by atoms with E-state index < -0.39 is 0 Å². The van der Waals surface area contributed by atoms with Crippen molar-refractivity contribution in [1.29, 1.82) is 0 Å². The lowest BCUT2D eigenvalue weighted by atomic mass is 10.0. The third-order valence-electron chi connectivity index (χ3n) is 5.30. The number of aromatic amines is 1. The monoisotopic (exact) mass is 359 g/mol. The van der Waals surface area contributed by atoms with Crippen LogP contribution in [-0.4, -0.2) is 55.1 Å². The number of hydrogen-bond donors (Lipinski definition) is 3. The molecule has 0 spiro atoms. The lowest BCUT2D eigenvalue weighted by molar-refractivity contribution is 0.157. The number of hydrogen-bond acceptors (Lipinski definition) is 2. The fourth-order valence-electron chi connectivity index (χ4n) is 3.82. The zero-order valence-electron chi connectivity index (χ0n) is 15.8. The Balaban J connectivity index is 1.48. The standard InChI is InChI=1S/C20H30FN5/c1-3-26-11-5-4-6-17(26)14-25-20(22-2)23-10-9-15-13-24-19-12-16(21)7-8-18(15)19/h7-8,12-13,17,24H,3-6,9-11,14H2,1-2H3,(H2,22,23,25). The van der Waals surface area contributed by atoms with Crippen LogP contribution in [0.2, 0.25) is 0 Å². The van der Waals surface area contributed by atoms with Crippen molar-refractivity contribution in [1.82, 2.24) is 20.5 Å². The van der Waals surface area contributed by atoms with Crippen LogP contribution in [-0.2, 0) is 6.42 Å². The van der Waals surface area contributed by atoms with Crippen molar-refractivity contribution in [3.05, 3.63) is 35.8 Å². The molecule has 2 heterocycles. The number of likely N-dealkylation sites (tertiary alicyclic amines) is 1. The molecule has 3 rings (SSSR count). The SMILES string of the molecule is CCN1CCCCC1CNC(=NC)NCCc1c[nH]c2cc(F)ccc12. The summed E-state index contributed by atoms with van der Waals surface area (Å²) in [5.74, 6) is 0.634. The summed E-state index contributed by atoms with van der Waals surface area (Å²) in [6, 6.07) is 5.48. The number of halogens is 1. The molecule has 1 aliphatic heterocycles. The van der Waals surface area contributed by atoms with Crippen LogP contribution in [0.3, 0.4) is 0 Å². The number of aliphatic imine (C=N–C) groups is 1. The summed E-state index contributed by atoms with van der Waals surface area (Å²) in [6.07, 6.45) is 6.70. The van der Waals surface area contributed by atoms with Crippen LogP contribution in [0.4, 0.5) is 4.39 Å². The molecule has 1 aromatic heterocycles. The fourth-order valence-corrected chi connectivity index (χ4v) is 3.82. The minimum atomic E-state index is -0.211. The number of nitrogens with zero attached hydrogens (tertiary/aromatic N) is 2. The largest absolute Gasteiger partial charge is 0.361 e. The van der Waals surface area contributed by atoms with E-state index in [1.807, 2.05) is 19.3 Å². The number of H-pyrrole nitrogens is 1. The maximum Gasteiger partial charge on any atom is 0.191 e. The maximum absolute atomic E-state index is 13.3. The van der Waals surface area contributed by atoms with Gasteiger partial charge in [-0.05, 0) is 56.1 Å². The van der Waals surface area contributed by atoms with Gasteiger partial charge in [-0.1, -0.05) is 13.3 Å². The predicted octanol–water partition coefficient (Wildman–Crippen LogP) is 2.89. The van der Waals surface area contributed by atoms with Gasteiger partial charge in [0.15, 0.2) is 5.96 Å². The number of piperidine rings is 1. The van der Waals surface area contributed by atoms with E-state index in [0.29, 0.717) is 6.04 Å². The maximum atomic E-state index is 13.3. The van der Waals surface area contributed by atoms with Gasteiger partial charge in [0.1, 0.15) is 5.82 Å². The molecule has 1 aromatic carbocycles. The Kier molecular flexibility index (Phi) is 6.50. The zero-order valence-corrected chi connectivity index (χ0v) is 15.8. The molecular formula is C20H30FN5. The zero-order chi connectivity index (χ0) is 18.4. The van der Waals surface area contributed by atoms with Crippen LogP contribution in [0.1, 0.15) is 31.7 Å². The van der Waals surface area contributed by atoms with Gasteiger partial charge in [0.2, 0.25) is 0 Å². The first-order valence-electron chi connectivity index (χ1n) is 9.65. The normalized spacial score (nSPS) is 19.0. The van der Waals surface area contributed by atoms with E-state index in [2.05, 4.69) is 32.4 Å². The fraction of sp³-hybridized carbons (Fsp3) is 0.550. The molecule has 0 amide bonds. The van der Waals surface area contributed by atoms with E-state index in [9.17, 15) is 4.39 Å². The van der Waals surface area contributed by atoms with Gasteiger partial charge in [0.05, 0.1) is 0 Å². The van der Waals surface area contributed by atoms with Gasteiger partial charge in [-0.2, -0.15) is 0 Å². The predicted molar refractivity (Wildman–Crippen MR) is 106 cm³/mol. The van der Waals surface area contributed by atoms with Crippen molar-refractivity contribution in [2.75, 3.05) is 33.2 Å². The Hall–Kier alpha value is -2.08. The molecule has 0 radical (unpaired) electrons. The van der Waals surface area contributed by atoms with Crippen LogP contribution < -0.4 is 10.6 Å². The quantitative estimate of drug-likeness (QED) is 0.549. The summed E-state index contributed by atoms with van der Waals surface area (Å²) in [5, 5.41) is 7.94. The summed E-state index contributed by atoms with van der Waals surface area (Å²) < 4.78 is 13.3. The third-order valence-corrected chi connectivity index (χ3v) is 5.30. The number of nitrogens with one attached hydrogen (secondary N) is 3. The highest BCUT2D eigenvalue weighted by Crippen LogP contribution is 2.19. The minimum Gasteiger partial charge on any atom is -0.361 e. The van der Waals surface area contributed by atoms with Crippen molar-refractivity contribution >= 4 is 16.9 Å². The lowest BCUT2D eigenvalue weighted by Crippen LogP contribution is -2.49. The first-order valence-corrected chi connectivity index (χ1v) is 9.65. The van der Waals surface area contributed by atoms with E-state index in [4.69, 9.17) is 0 Å². The average molecular weight is 359 g/mol. The second-order valence-corrected chi connectivity index (χ2v) is 6.91. The smallest absolute Gasteiger partial charge is 0.191 e. The molecule has 1 aliphatic rings. The molecule has 0 bridgehead atoms. The summed E-state index contributed by atoms with van der Waals surface area (Å²) in [7, 11) is 1.81. The van der Waals surface area contributed by atoms with E-state index in [0.717, 1.165) is 42.9 Å². The summed E-state index contributed by atoms with van der Waals surface area (Å²) in [5.41, 5.74) is 2.03.